The Kier molecular flexibility index (Phi) is 4.96. The largest absolute Gasteiger partial charge is 0.352 e. The maximum absolute atomic E-state index is 12.8. The molecule has 6 nitrogen and oxygen atoms in total. The van der Waals surface area contributed by atoms with Crippen LogP contribution in [0.5, 0.6) is 0 Å². The number of aromatic nitrogens is 2. The fourth-order valence-electron chi connectivity index (χ4n) is 2.53. The highest BCUT2D eigenvalue weighted by Gasteiger charge is 2.30. The van der Waals surface area contributed by atoms with E-state index in [1.54, 1.807) is 6.07 Å². The first-order chi connectivity index (χ1) is 11.4. The van der Waals surface area contributed by atoms with Crippen LogP contribution in [0.25, 0.3) is 0 Å². The van der Waals surface area contributed by atoms with Gasteiger partial charge in [0.05, 0.1) is 10.7 Å². The van der Waals surface area contributed by atoms with Gasteiger partial charge in [-0.3, -0.25) is 0 Å². The van der Waals surface area contributed by atoms with Crippen LogP contribution in [0, 0.1) is 6.92 Å². The standard InChI is InChI=1S/C15H16Cl2N4O2S/c1-11-2-5-15(19-18-11)20-6-8-21(9-7-20)24(22,23)14-10-12(16)3-4-13(14)17/h2-5,10H,6-9H2,1H3. The molecule has 1 saturated heterocycles. The van der Waals surface area contributed by atoms with Crippen molar-refractivity contribution in [2.75, 3.05) is 31.1 Å². The van der Waals surface area contributed by atoms with Gasteiger partial charge in [0.2, 0.25) is 10.0 Å². The molecule has 0 saturated carbocycles. The van der Waals surface area contributed by atoms with Gasteiger partial charge in [-0.2, -0.15) is 9.40 Å². The Balaban J connectivity index is 1.76. The number of sulfonamides is 1. The highest BCUT2D eigenvalue weighted by atomic mass is 35.5. The summed E-state index contributed by atoms with van der Waals surface area (Å²) in [6.45, 7) is 3.64. The van der Waals surface area contributed by atoms with Gasteiger partial charge in [0.25, 0.3) is 0 Å². The first-order valence-corrected chi connectivity index (χ1v) is 9.58. The van der Waals surface area contributed by atoms with E-state index in [0.29, 0.717) is 31.2 Å². The maximum atomic E-state index is 12.8. The minimum Gasteiger partial charge on any atom is -0.352 e. The van der Waals surface area contributed by atoms with Crippen molar-refractivity contribution >= 4 is 39.0 Å². The van der Waals surface area contributed by atoms with Gasteiger partial charge in [0.15, 0.2) is 5.82 Å². The third-order valence-corrected chi connectivity index (χ3v) is 6.47. The lowest BCUT2D eigenvalue weighted by Crippen LogP contribution is -2.49. The van der Waals surface area contributed by atoms with Gasteiger partial charge in [-0.05, 0) is 37.3 Å². The quantitative estimate of drug-likeness (QED) is 0.810. The van der Waals surface area contributed by atoms with Crippen LogP contribution in [-0.4, -0.2) is 49.1 Å². The van der Waals surface area contributed by atoms with Crippen molar-refractivity contribution in [3.63, 3.8) is 0 Å². The first-order valence-electron chi connectivity index (χ1n) is 7.38. The predicted octanol–water partition coefficient (Wildman–Crippen LogP) is 2.60. The number of aryl methyl sites for hydroxylation is 1. The van der Waals surface area contributed by atoms with Crippen molar-refractivity contribution in [2.24, 2.45) is 0 Å². The lowest BCUT2D eigenvalue weighted by atomic mass is 10.3. The predicted molar refractivity (Wildman–Crippen MR) is 94.2 cm³/mol. The lowest BCUT2D eigenvalue weighted by molar-refractivity contribution is 0.383. The average Bonchev–Trinajstić information content (AvgIpc) is 2.58. The molecule has 0 atom stereocenters. The third kappa shape index (κ3) is 3.49. The van der Waals surface area contributed by atoms with Crippen molar-refractivity contribution in [2.45, 2.75) is 11.8 Å². The third-order valence-electron chi connectivity index (χ3n) is 3.86. The molecule has 0 N–H and O–H groups in total. The Labute approximate surface area is 151 Å². The van der Waals surface area contributed by atoms with E-state index in [2.05, 4.69) is 10.2 Å². The van der Waals surface area contributed by atoms with Gasteiger partial charge >= 0.3 is 0 Å². The fourth-order valence-corrected chi connectivity index (χ4v) is 4.69. The average molecular weight is 387 g/mol. The number of rotatable bonds is 3. The summed E-state index contributed by atoms with van der Waals surface area (Å²) in [7, 11) is -3.67. The minimum atomic E-state index is -3.67. The molecule has 0 unspecified atom stereocenters. The molecular formula is C15H16Cl2N4O2S. The highest BCUT2D eigenvalue weighted by Crippen LogP contribution is 2.28. The molecular weight excluding hydrogens is 371 g/mol. The molecule has 1 fully saturated rings. The van der Waals surface area contributed by atoms with E-state index in [-0.39, 0.29) is 9.92 Å². The lowest BCUT2D eigenvalue weighted by Gasteiger charge is -2.34. The molecule has 3 rings (SSSR count). The Morgan fingerprint density at radius 1 is 1.00 bits per heavy atom. The van der Waals surface area contributed by atoms with Gasteiger partial charge in [-0.15, -0.1) is 5.10 Å². The number of hydrogen-bond donors (Lipinski definition) is 0. The van der Waals surface area contributed by atoms with Crippen LogP contribution in [0.1, 0.15) is 5.69 Å². The topological polar surface area (TPSA) is 66.4 Å². The van der Waals surface area contributed by atoms with E-state index in [4.69, 9.17) is 23.2 Å². The summed E-state index contributed by atoms with van der Waals surface area (Å²) in [5.74, 6) is 0.749. The summed E-state index contributed by atoms with van der Waals surface area (Å²) in [5.41, 5.74) is 0.843. The van der Waals surface area contributed by atoms with Gasteiger partial charge in [0.1, 0.15) is 4.90 Å². The summed E-state index contributed by atoms with van der Waals surface area (Å²) < 4.78 is 27.0. The molecule has 128 valence electrons. The van der Waals surface area contributed by atoms with Crippen molar-refractivity contribution in [3.8, 4) is 0 Å². The second-order valence-corrected chi connectivity index (χ2v) is 8.25. The number of piperazine rings is 1. The van der Waals surface area contributed by atoms with Crippen LogP contribution < -0.4 is 4.90 Å². The zero-order chi connectivity index (χ0) is 17.3. The molecule has 1 aliphatic heterocycles. The van der Waals surface area contributed by atoms with Crippen LogP contribution in [0.3, 0.4) is 0 Å². The molecule has 0 aliphatic carbocycles. The van der Waals surface area contributed by atoms with Crippen molar-refractivity contribution in [3.05, 3.63) is 46.1 Å². The summed E-state index contributed by atoms with van der Waals surface area (Å²) in [6.07, 6.45) is 0. The molecule has 0 radical (unpaired) electrons. The zero-order valence-electron chi connectivity index (χ0n) is 13.0. The molecule has 9 heteroatoms. The zero-order valence-corrected chi connectivity index (χ0v) is 15.3. The first kappa shape index (κ1) is 17.4. The van der Waals surface area contributed by atoms with E-state index in [1.807, 2.05) is 24.0 Å². The van der Waals surface area contributed by atoms with Crippen LogP contribution in [0.2, 0.25) is 10.0 Å². The Hall–Kier alpha value is -1.41. The monoisotopic (exact) mass is 386 g/mol. The van der Waals surface area contributed by atoms with Gasteiger partial charge in [-0.1, -0.05) is 23.2 Å². The number of hydrogen-bond acceptors (Lipinski definition) is 5. The molecule has 1 aliphatic rings. The van der Waals surface area contributed by atoms with E-state index < -0.39 is 10.0 Å². The minimum absolute atomic E-state index is 0.0419. The Morgan fingerprint density at radius 2 is 1.71 bits per heavy atom. The van der Waals surface area contributed by atoms with Gasteiger partial charge in [0, 0.05) is 31.2 Å². The molecule has 2 aromatic rings. The van der Waals surface area contributed by atoms with E-state index in [1.165, 1.54) is 16.4 Å². The number of benzene rings is 1. The smallest absolute Gasteiger partial charge is 0.244 e. The van der Waals surface area contributed by atoms with Crippen molar-refractivity contribution < 1.29 is 8.42 Å². The highest BCUT2D eigenvalue weighted by molar-refractivity contribution is 7.89. The summed E-state index contributed by atoms with van der Waals surface area (Å²) in [4.78, 5) is 2.05. The van der Waals surface area contributed by atoms with Crippen molar-refractivity contribution in [1.29, 1.82) is 0 Å². The molecule has 0 amide bonds. The number of nitrogens with zero attached hydrogens (tertiary/aromatic N) is 4. The molecule has 1 aromatic heterocycles. The maximum Gasteiger partial charge on any atom is 0.244 e. The molecule has 2 heterocycles. The van der Waals surface area contributed by atoms with E-state index in [0.717, 1.165) is 11.5 Å². The number of halogens is 2. The van der Waals surface area contributed by atoms with Crippen LogP contribution in [-0.2, 0) is 10.0 Å². The van der Waals surface area contributed by atoms with Gasteiger partial charge < -0.3 is 4.90 Å². The fraction of sp³-hybridized carbons (Fsp3) is 0.333. The summed E-state index contributed by atoms with van der Waals surface area (Å²) in [5, 5.41) is 8.69. The number of anilines is 1. The van der Waals surface area contributed by atoms with E-state index in [9.17, 15) is 8.42 Å². The second kappa shape index (κ2) is 6.84. The molecule has 1 aromatic carbocycles. The van der Waals surface area contributed by atoms with Crippen LogP contribution in [0.4, 0.5) is 5.82 Å². The van der Waals surface area contributed by atoms with Crippen LogP contribution >= 0.6 is 23.2 Å². The molecule has 0 bridgehead atoms. The SMILES string of the molecule is Cc1ccc(N2CCN(S(=O)(=O)c3cc(Cl)ccc3Cl)CC2)nn1. The molecule has 24 heavy (non-hydrogen) atoms. The Bertz CT molecular complexity index is 835. The van der Waals surface area contributed by atoms with Gasteiger partial charge in [-0.25, -0.2) is 8.42 Å². The van der Waals surface area contributed by atoms with Crippen molar-refractivity contribution in [1.82, 2.24) is 14.5 Å². The summed E-state index contributed by atoms with van der Waals surface area (Å²) >= 11 is 12.0. The second-order valence-electron chi connectivity index (χ2n) is 5.50. The normalized spacial score (nSPS) is 16.4. The van der Waals surface area contributed by atoms with Crippen LogP contribution in [0.15, 0.2) is 35.2 Å². The van der Waals surface area contributed by atoms with E-state index >= 15 is 0 Å². The summed E-state index contributed by atoms with van der Waals surface area (Å²) in [6, 6.07) is 8.22. The Morgan fingerprint density at radius 3 is 2.33 bits per heavy atom. The molecule has 0 spiro atoms.